The van der Waals surface area contributed by atoms with E-state index in [0.717, 1.165) is 29.5 Å². The average Bonchev–Trinajstić information content (AvgIpc) is 3.08. The van der Waals surface area contributed by atoms with Crippen molar-refractivity contribution in [3.63, 3.8) is 0 Å². The maximum absolute atomic E-state index is 12.7. The van der Waals surface area contributed by atoms with Gasteiger partial charge in [-0.3, -0.25) is 0 Å². The summed E-state index contributed by atoms with van der Waals surface area (Å²) >= 11 is 0. The molecule has 1 aliphatic rings. The lowest BCUT2D eigenvalue weighted by atomic mass is 10.00. The molecule has 25 heavy (non-hydrogen) atoms. The van der Waals surface area contributed by atoms with Gasteiger partial charge < -0.3 is 4.74 Å². The molecule has 1 aromatic heterocycles. The summed E-state index contributed by atoms with van der Waals surface area (Å²) in [5.41, 5.74) is 9.21. The zero-order chi connectivity index (χ0) is 17.9. The fourth-order valence-electron chi connectivity index (χ4n) is 2.44. The molecule has 1 saturated heterocycles. The van der Waals surface area contributed by atoms with E-state index in [1.807, 2.05) is 12.1 Å². The van der Waals surface area contributed by atoms with Crippen LogP contribution in [-0.2, 0) is 12.8 Å². The molecule has 9 heteroatoms. The largest absolute Gasteiger partial charge is 0.473 e. The van der Waals surface area contributed by atoms with E-state index in [-0.39, 0.29) is 18.5 Å². The Morgan fingerprint density at radius 1 is 1.20 bits per heavy atom. The van der Waals surface area contributed by atoms with E-state index in [9.17, 15) is 13.2 Å². The minimum Gasteiger partial charge on any atom is -0.473 e. The van der Waals surface area contributed by atoms with Gasteiger partial charge in [0.2, 0.25) is 5.88 Å². The SMILES string of the molecule is N#CC1NNNC1c1cccc(COc2cc(C(F)(F)F)ccn2)c1. The number of hydrogen-bond donors (Lipinski definition) is 3. The number of benzene rings is 1. The first kappa shape index (κ1) is 17.2. The highest BCUT2D eigenvalue weighted by atomic mass is 19.4. The van der Waals surface area contributed by atoms with Crippen LogP contribution < -0.4 is 21.1 Å². The quantitative estimate of drug-likeness (QED) is 0.785. The topological polar surface area (TPSA) is 82.0 Å². The molecule has 3 rings (SSSR count). The average molecular weight is 349 g/mol. The molecule has 0 amide bonds. The predicted molar refractivity (Wildman–Crippen MR) is 81.6 cm³/mol. The molecule has 2 aromatic rings. The van der Waals surface area contributed by atoms with Crippen molar-refractivity contribution in [2.45, 2.75) is 24.9 Å². The van der Waals surface area contributed by atoms with Gasteiger partial charge in [-0.05, 0) is 17.2 Å². The maximum atomic E-state index is 12.7. The summed E-state index contributed by atoms with van der Waals surface area (Å²) in [5, 5.41) is 9.09. The third-order valence-electron chi connectivity index (χ3n) is 3.69. The van der Waals surface area contributed by atoms with E-state index in [4.69, 9.17) is 10.00 Å². The number of alkyl halides is 3. The van der Waals surface area contributed by atoms with Gasteiger partial charge in [-0.2, -0.15) is 24.0 Å². The smallest absolute Gasteiger partial charge is 0.416 e. The molecule has 0 saturated carbocycles. The molecule has 0 bridgehead atoms. The molecule has 1 aliphatic heterocycles. The Morgan fingerprint density at radius 2 is 2.04 bits per heavy atom. The van der Waals surface area contributed by atoms with Crippen molar-refractivity contribution in [1.29, 1.82) is 5.26 Å². The monoisotopic (exact) mass is 349 g/mol. The fourth-order valence-corrected chi connectivity index (χ4v) is 2.44. The minimum absolute atomic E-state index is 0.0624. The van der Waals surface area contributed by atoms with E-state index >= 15 is 0 Å². The van der Waals surface area contributed by atoms with Gasteiger partial charge in [0.1, 0.15) is 12.6 Å². The van der Waals surface area contributed by atoms with Crippen LogP contribution >= 0.6 is 0 Å². The molecule has 2 unspecified atom stereocenters. The zero-order valence-corrected chi connectivity index (χ0v) is 12.8. The van der Waals surface area contributed by atoms with Gasteiger partial charge in [0.05, 0.1) is 17.7 Å². The predicted octanol–water partition coefficient (Wildman–Crippen LogP) is 2.23. The van der Waals surface area contributed by atoms with Crippen LogP contribution in [0.25, 0.3) is 0 Å². The molecule has 0 spiro atoms. The second-order valence-electron chi connectivity index (χ2n) is 5.41. The number of pyridine rings is 1. The molecule has 1 aromatic carbocycles. The van der Waals surface area contributed by atoms with Gasteiger partial charge in [-0.25, -0.2) is 15.8 Å². The second kappa shape index (κ2) is 7.06. The van der Waals surface area contributed by atoms with Crippen LogP contribution in [0.3, 0.4) is 0 Å². The lowest BCUT2D eigenvalue weighted by Crippen LogP contribution is -2.32. The lowest BCUT2D eigenvalue weighted by Gasteiger charge is -2.14. The normalized spacial score (nSPS) is 20.2. The highest BCUT2D eigenvalue weighted by Gasteiger charge is 2.31. The van der Waals surface area contributed by atoms with Crippen molar-refractivity contribution < 1.29 is 17.9 Å². The Balaban J connectivity index is 1.70. The molecule has 2 heterocycles. The Bertz CT molecular complexity index is 790. The fraction of sp³-hybridized carbons (Fsp3) is 0.250. The summed E-state index contributed by atoms with van der Waals surface area (Å²) in [7, 11) is 0. The Hall–Kier alpha value is -2.67. The number of hydrogen-bond acceptors (Lipinski definition) is 6. The van der Waals surface area contributed by atoms with Crippen molar-refractivity contribution >= 4 is 0 Å². The summed E-state index contributed by atoms with van der Waals surface area (Å²) in [6.45, 7) is 0.0624. The van der Waals surface area contributed by atoms with Crippen molar-refractivity contribution in [3.8, 4) is 11.9 Å². The molecule has 1 fully saturated rings. The lowest BCUT2D eigenvalue weighted by molar-refractivity contribution is -0.137. The number of ether oxygens (including phenoxy) is 1. The number of nitrogens with zero attached hydrogens (tertiary/aromatic N) is 2. The van der Waals surface area contributed by atoms with Crippen LogP contribution in [0.5, 0.6) is 5.88 Å². The molecule has 0 aliphatic carbocycles. The van der Waals surface area contributed by atoms with Gasteiger partial charge in [0.15, 0.2) is 0 Å². The van der Waals surface area contributed by atoms with E-state index in [0.29, 0.717) is 0 Å². The van der Waals surface area contributed by atoms with E-state index in [1.165, 1.54) is 0 Å². The Labute approximate surface area is 141 Å². The Morgan fingerprint density at radius 3 is 2.80 bits per heavy atom. The van der Waals surface area contributed by atoms with Gasteiger partial charge in [0, 0.05) is 12.3 Å². The first-order valence-electron chi connectivity index (χ1n) is 7.38. The summed E-state index contributed by atoms with van der Waals surface area (Å²) in [6, 6.07) is 10.4. The molecule has 0 radical (unpaired) electrons. The van der Waals surface area contributed by atoms with Gasteiger partial charge in [-0.1, -0.05) is 24.3 Å². The molecular weight excluding hydrogens is 335 g/mol. The number of hydrazine groups is 2. The highest BCUT2D eigenvalue weighted by Crippen LogP contribution is 2.30. The van der Waals surface area contributed by atoms with Crippen LogP contribution in [0.2, 0.25) is 0 Å². The molecule has 6 nitrogen and oxygen atoms in total. The third-order valence-corrected chi connectivity index (χ3v) is 3.69. The van der Waals surface area contributed by atoms with Crippen LogP contribution in [0.15, 0.2) is 42.6 Å². The number of nitrogens with one attached hydrogen (secondary N) is 3. The zero-order valence-electron chi connectivity index (χ0n) is 12.8. The number of nitriles is 1. The van der Waals surface area contributed by atoms with Gasteiger partial charge >= 0.3 is 6.18 Å². The molecule has 2 atom stereocenters. The van der Waals surface area contributed by atoms with Crippen LogP contribution in [0.1, 0.15) is 22.7 Å². The molecule has 3 N–H and O–H groups in total. The van der Waals surface area contributed by atoms with E-state index in [1.54, 1.807) is 12.1 Å². The van der Waals surface area contributed by atoms with E-state index < -0.39 is 17.8 Å². The first-order valence-corrected chi connectivity index (χ1v) is 7.38. The minimum atomic E-state index is -4.44. The summed E-state index contributed by atoms with van der Waals surface area (Å²) in [6.07, 6.45) is -3.38. The highest BCUT2D eigenvalue weighted by molar-refractivity contribution is 5.29. The maximum Gasteiger partial charge on any atom is 0.416 e. The molecular formula is C16H14F3N5O. The summed E-state index contributed by atoms with van der Waals surface area (Å²) in [5.74, 6) is -0.0996. The standard InChI is InChI=1S/C16H14F3N5O/c17-16(18,19)12-4-5-21-14(7-12)25-9-10-2-1-3-11(6-10)15-13(8-20)22-24-23-15/h1-7,13,15,22-24H,9H2. The van der Waals surface area contributed by atoms with Crippen molar-refractivity contribution in [1.82, 2.24) is 21.4 Å². The van der Waals surface area contributed by atoms with Gasteiger partial charge in [-0.15, -0.1) is 0 Å². The third kappa shape index (κ3) is 4.06. The van der Waals surface area contributed by atoms with E-state index in [2.05, 4.69) is 27.4 Å². The van der Waals surface area contributed by atoms with Crippen molar-refractivity contribution in [3.05, 3.63) is 59.3 Å². The number of aromatic nitrogens is 1. The summed E-state index contributed by atoms with van der Waals surface area (Å²) < 4.78 is 43.5. The first-order chi connectivity index (χ1) is 12.0. The number of halogens is 3. The van der Waals surface area contributed by atoms with Crippen molar-refractivity contribution in [2.75, 3.05) is 0 Å². The van der Waals surface area contributed by atoms with Crippen LogP contribution in [0.4, 0.5) is 13.2 Å². The van der Waals surface area contributed by atoms with Crippen molar-refractivity contribution in [2.24, 2.45) is 0 Å². The molecule has 130 valence electrons. The van der Waals surface area contributed by atoms with Gasteiger partial charge in [0.25, 0.3) is 0 Å². The Kier molecular flexibility index (Phi) is 4.85. The number of rotatable bonds is 4. The summed E-state index contributed by atoms with van der Waals surface area (Å²) in [4.78, 5) is 3.80. The van der Waals surface area contributed by atoms with Crippen LogP contribution in [-0.4, -0.2) is 11.0 Å². The second-order valence-corrected chi connectivity index (χ2v) is 5.41. The van der Waals surface area contributed by atoms with Crippen LogP contribution in [0, 0.1) is 11.3 Å².